The van der Waals surface area contributed by atoms with E-state index in [0.717, 1.165) is 9.25 Å². The van der Waals surface area contributed by atoms with Gasteiger partial charge < -0.3 is 5.32 Å². The second-order valence-electron chi connectivity index (χ2n) is 5.93. The number of rotatable bonds is 4. The van der Waals surface area contributed by atoms with Crippen molar-refractivity contribution < 1.29 is 9.18 Å². The molecule has 138 valence electrons. The van der Waals surface area contributed by atoms with Crippen LogP contribution in [0.25, 0.3) is 5.69 Å². The van der Waals surface area contributed by atoms with Gasteiger partial charge in [0.25, 0.3) is 11.5 Å². The number of amides is 1. The van der Waals surface area contributed by atoms with Crippen molar-refractivity contribution in [3.63, 3.8) is 0 Å². The van der Waals surface area contributed by atoms with Crippen molar-refractivity contribution in [1.82, 2.24) is 19.7 Å². The summed E-state index contributed by atoms with van der Waals surface area (Å²) in [5.74, 6) is -0.707. The van der Waals surface area contributed by atoms with Gasteiger partial charge in [0.2, 0.25) is 0 Å². The van der Waals surface area contributed by atoms with E-state index >= 15 is 0 Å². The van der Waals surface area contributed by atoms with Gasteiger partial charge in [-0.15, -0.1) is 0 Å². The van der Waals surface area contributed by atoms with Crippen molar-refractivity contribution in [2.24, 2.45) is 0 Å². The zero-order valence-corrected chi connectivity index (χ0v) is 14.8. The first-order valence-corrected chi connectivity index (χ1v) is 8.18. The third-order valence-corrected chi connectivity index (χ3v) is 4.05. The van der Waals surface area contributed by atoms with Crippen LogP contribution in [-0.4, -0.2) is 27.3 Å². The first kappa shape index (κ1) is 18.2. The molecule has 0 aliphatic heterocycles. The Morgan fingerprint density at radius 3 is 2.52 bits per heavy atom. The first-order chi connectivity index (χ1) is 12.9. The second-order valence-corrected chi connectivity index (χ2v) is 5.93. The first-order valence-electron chi connectivity index (χ1n) is 8.18. The summed E-state index contributed by atoms with van der Waals surface area (Å²) < 4.78 is 15.2. The molecule has 1 aromatic heterocycles. The summed E-state index contributed by atoms with van der Waals surface area (Å²) in [7, 11) is 1.51. The molecule has 1 amide bonds. The van der Waals surface area contributed by atoms with E-state index in [-0.39, 0.29) is 18.1 Å². The molecule has 0 radical (unpaired) electrons. The smallest absolute Gasteiger partial charge is 0.352 e. The van der Waals surface area contributed by atoms with E-state index in [1.165, 1.54) is 44.3 Å². The fraction of sp³-hybridized carbons (Fsp3) is 0.158. The molecule has 3 aromatic rings. The van der Waals surface area contributed by atoms with Crippen LogP contribution in [0.3, 0.4) is 0 Å². The second kappa shape index (κ2) is 7.36. The standard InChI is InChI=1S/C19H17FN4O3/c1-12-18(26)23(11-13-6-8-15(20)9-7-13)19(27)24(22-12)16-5-3-4-14(10-16)17(25)21-2/h3-10H,11H2,1-2H3,(H,21,25). The van der Waals surface area contributed by atoms with Crippen molar-refractivity contribution in [2.75, 3.05) is 7.05 Å². The number of aromatic nitrogens is 3. The molecule has 0 atom stereocenters. The number of carbonyl (C=O) groups is 1. The highest BCUT2D eigenvalue weighted by atomic mass is 19.1. The Kier molecular flexibility index (Phi) is 4.98. The number of hydrogen-bond donors (Lipinski definition) is 1. The lowest BCUT2D eigenvalue weighted by molar-refractivity contribution is 0.0963. The maximum Gasteiger partial charge on any atom is 0.352 e. The van der Waals surface area contributed by atoms with E-state index in [2.05, 4.69) is 10.4 Å². The summed E-state index contributed by atoms with van der Waals surface area (Å²) in [6.07, 6.45) is 0. The van der Waals surface area contributed by atoms with E-state index < -0.39 is 17.1 Å². The third kappa shape index (κ3) is 3.69. The van der Waals surface area contributed by atoms with Crippen LogP contribution >= 0.6 is 0 Å². The Bertz CT molecular complexity index is 1120. The highest BCUT2D eigenvalue weighted by Crippen LogP contribution is 2.08. The van der Waals surface area contributed by atoms with Crippen LogP contribution in [0.15, 0.2) is 58.1 Å². The lowest BCUT2D eigenvalue weighted by Gasteiger charge is -2.11. The Morgan fingerprint density at radius 2 is 1.85 bits per heavy atom. The van der Waals surface area contributed by atoms with Crippen LogP contribution in [0.5, 0.6) is 0 Å². The van der Waals surface area contributed by atoms with Crippen LogP contribution < -0.4 is 16.6 Å². The van der Waals surface area contributed by atoms with E-state index in [0.29, 0.717) is 16.8 Å². The van der Waals surface area contributed by atoms with E-state index in [1.54, 1.807) is 18.2 Å². The van der Waals surface area contributed by atoms with Crippen LogP contribution in [-0.2, 0) is 6.54 Å². The molecule has 0 spiro atoms. The largest absolute Gasteiger partial charge is 0.355 e. The Morgan fingerprint density at radius 1 is 1.15 bits per heavy atom. The van der Waals surface area contributed by atoms with Crippen LogP contribution in [0, 0.1) is 12.7 Å². The average Bonchev–Trinajstić information content (AvgIpc) is 2.69. The molecule has 0 aliphatic carbocycles. The maximum atomic E-state index is 13.1. The predicted molar refractivity (Wildman–Crippen MR) is 97.7 cm³/mol. The van der Waals surface area contributed by atoms with Crippen molar-refractivity contribution >= 4 is 5.91 Å². The molecule has 27 heavy (non-hydrogen) atoms. The summed E-state index contributed by atoms with van der Waals surface area (Å²) in [5.41, 5.74) is 0.274. The van der Waals surface area contributed by atoms with Gasteiger partial charge in [0.05, 0.1) is 12.2 Å². The monoisotopic (exact) mass is 368 g/mol. The molecule has 8 heteroatoms. The van der Waals surface area contributed by atoms with E-state index in [9.17, 15) is 18.8 Å². The number of carbonyl (C=O) groups excluding carboxylic acids is 1. The highest BCUT2D eigenvalue weighted by Gasteiger charge is 2.14. The summed E-state index contributed by atoms with van der Waals surface area (Å²) in [5, 5.41) is 6.58. The van der Waals surface area contributed by atoms with Crippen molar-refractivity contribution in [3.8, 4) is 5.69 Å². The Labute approximate surface area is 153 Å². The predicted octanol–water partition coefficient (Wildman–Crippen LogP) is 1.25. The quantitative estimate of drug-likeness (QED) is 0.751. The van der Waals surface area contributed by atoms with Gasteiger partial charge in [-0.3, -0.25) is 14.2 Å². The molecule has 3 rings (SSSR count). The van der Waals surface area contributed by atoms with E-state index in [4.69, 9.17) is 0 Å². The van der Waals surface area contributed by atoms with Crippen LogP contribution in [0.2, 0.25) is 0 Å². The van der Waals surface area contributed by atoms with Gasteiger partial charge in [0.1, 0.15) is 11.5 Å². The minimum atomic E-state index is -0.649. The van der Waals surface area contributed by atoms with Crippen LogP contribution in [0.4, 0.5) is 4.39 Å². The SMILES string of the molecule is CNC(=O)c1cccc(-n2nc(C)c(=O)n(Cc3ccc(F)cc3)c2=O)c1. The molecule has 0 saturated carbocycles. The van der Waals surface area contributed by atoms with Gasteiger partial charge in [-0.2, -0.15) is 9.78 Å². The van der Waals surface area contributed by atoms with E-state index in [1.807, 2.05) is 0 Å². The molecule has 2 aromatic carbocycles. The lowest BCUT2D eigenvalue weighted by atomic mass is 10.2. The molecule has 0 saturated heterocycles. The molecule has 0 aliphatic rings. The van der Waals surface area contributed by atoms with Crippen molar-refractivity contribution in [3.05, 3.63) is 92.0 Å². The number of benzene rings is 2. The summed E-state index contributed by atoms with van der Waals surface area (Å²) in [4.78, 5) is 37.1. The summed E-state index contributed by atoms with van der Waals surface area (Å²) in [6, 6.07) is 11.9. The number of halogens is 1. The molecular weight excluding hydrogens is 351 g/mol. The molecule has 0 unspecified atom stereocenters. The normalized spacial score (nSPS) is 10.6. The molecule has 1 N–H and O–H groups in total. The average molecular weight is 368 g/mol. The third-order valence-electron chi connectivity index (χ3n) is 4.05. The fourth-order valence-electron chi connectivity index (χ4n) is 2.64. The number of hydrogen-bond acceptors (Lipinski definition) is 4. The van der Waals surface area contributed by atoms with Gasteiger partial charge in [-0.25, -0.2) is 9.18 Å². The van der Waals surface area contributed by atoms with Gasteiger partial charge >= 0.3 is 5.69 Å². The van der Waals surface area contributed by atoms with Gasteiger partial charge in [0.15, 0.2) is 0 Å². The molecular formula is C19H17FN4O3. The molecule has 0 fully saturated rings. The molecule has 7 nitrogen and oxygen atoms in total. The van der Waals surface area contributed by atoms with Gasteiger partial charge in [-0.05, 0) is 42.8 Å². The highest BCUT2D eigenvalue weighted by molar-refractivity contribution is 5.94. The number of nitrogens with zero attached hydrogens (tertiary/aromatic N) is 3. The zero-order valence-electron chi connectivity index (χ0n) is 14.8. The minimum absolute atomic E-state index is 0.0174. The molecule has 0 bridgehead atoms. The minimum Gasteiger partial charge on any atom is -0.355 e. The Hall–Kier alpha value is -3.55. The summed E-state index contributed by atoms with van der Waals surface area (Å²) in [6.45, 7) is 1.48. The zero-order chi connectivity index (χ0) is 19.6. The van der Waals surface area contributed by atoms with Crippen molar-refractivity contribution in [2.45, 2.75) is 13.5 Å². The topological polar surface area (TPSA) is 86.0 Å². The Balaban J connectivity index is 2.12. The molecule has 1 heterocycles. The van der Waals surface area contributed by atoms with Gasteiger partial charge in [-0.1, -0.05) is 18.2 Å². The maximum absolute atomic E-state index is 13.1. The number of aryl methyl sites for hydroxylation is 1. The van der Waals surface area contributed by atoms with Crippen molar-refractivity contribution in [1.29, 1.82) is 0 Å². The van der Waals surface area contributed by atoms with Gasteiger partial charge in [0, 0.05) is 12.6 Å². The number of nitrogens with one attached hydrogen (secondary N) is 1. The van der Waals surface area contributed by atoms with Crippen LogP contribution in [0.1, 0.15) is 21.6 Å². The lowest BCUT2D eigenvalue weighted by Crippen LogP contribution is -2.42. The summed E-state index contributed by atoms with van der Waals surface area (Å²) >= 11 is 0. The fourth-order valence-corrected chi connectivity index (χ4v) is 2.64.